The van der Waals surface area contributed by atoms with Crippen LogP contribution < -0.4 is 10.6 Å². The molecule has 0 saturated heterocycles. The van der Waals surface area contributed by atoms with Gasteiger partial charge < -0.3 is 19.8 Å². The lowest BCUT2D eigenvalue weighted by molar-refractivity contribution is 0.834. The first kappa shape index (κ1) is 22.7. The standard InChI is InChI=1S/C31H28N6/c1-5-11-24-22(6-2)30-34-28-21(13-9-16-26(28)36(30)3)19-33-25-15-8-7-14-23(25)31-35-29-20(18-32-24)12-10-17-27(29)37(31)4/h2,5,7-17,32-33H,18-19H2,1,3-4H3/b11-5-,24-22-. The fourth-order valence-electron chi connectivity index (χ4n) is 5.17. The molecule has 3 heterocycles. The molecular formula is C31H28N6. The molecule has 4 bridgehead atoms. The van der Waals surface area contributed by atoms with Crippen molar-refractivity contribution < 1.29 is 0 Å². The molecule has 0 unspecified atom stereocenters. The molecule has 6 rings (SSSR count). The van der Waals surface area contributed by atoms with Crippen LogP contribution in [0.25, 0.3) is 39.0 Å². The normalized spacial score (nSPS) is 15.7. The summed E-state index contributed by atoms with van der Waals surface area (Å²) in [6, 6.07) is 20.9. The van der Waals surface area contributed by atoms with E-state index < -0.39 is 0 Å². The number of para-hydroxylation sites is 3. The molecular weight excluding hydrogens is 456 g/mol. The van der Waals surface area contributed by atoms with Gasteiger partial charge in [0.1, 0.15) is 5.82 Å². The van der Waals surface area contributed by atoms with E-state index in [4.69, 9.17) is 16.4 Å². The van der Waals surface area contributed by atoms with Gasteiger partial charge in [-0.1, -0.05) is 48.4 Å². The summed E-state index contributed by atoms with van der Waals surface area (Å²) >= 11 is 0. The average molecular weight is 485 g/mol. The molecule has 2 N–H and O–H groups in total. The van der Waals surface area contributed by atoms with E-state index in [0.29, 0.717) is 13.1 Å². The molecule has 0 fully saturated rings. The molecule has 0 saturated carbocycles. The van der Waals surface area contributed by atoms with Crippen LogP contribution in [-0.2, 0) is 27.2 Å². The number of aromatic nitrogens is 4. The number of fused-ring (bicyclic) bond motifs is 4. The topological polar surface area (TPSA) is 59.7 Å². The molecule has 2 aromatic heterocycles. The maximum Gasteiger partial charge on any atom is 0.151 e. The number of hydrogen-bond acceptors (Lipinski definition) is 4. The molecule has 182 valence electrons. The number of benzene rings is 3. The molecule has 6 nitrogen and oxygen atoms in total. The van der Waals surface area contributed by atoms with E-state index in [2.05, 4.69) is 87.3 Å². The highest BCUT2D eigenvalue weighted by molar-refractivity contribution is 5.89. The first-order valence-corrected chi connectivity index (χ1v) is 12.4. The van der Waals surface area contributed by atoms with E-state index in [-0.39, 0.29) is 0 Å². The summed E-state index contributed by atoms with van der Waals surface area (Å²) < 4.78 is 4.24. The number of nitrogens with one attached hydrogen (secondary N) is 2. The zero-order valence-electron chi connectivity index (χ0n) is 21.2. The summed E-state index contributed by atoms with van der Waals surface area (Å²) in [4.78, 5) is 10.2. The maximum absolute atomic E-state index is 6.11. The van der Waals surface area contributed by atoms with Gasteiger partial charge in [0.2, 0.25) is 0 Å². The number of imidazole rings is 2. The van der Waals surface area contributed by atoms with Crippen molar-refractivity contribution in [2.24, 2.45) is 14.1 Å². The monoisotopic (exact) mass is 484 g/mol. The summed E-state index contributed by atoms with van der Waals surface area (Å²) in [5.74, 6) is 4.60. The van der Waals surface area contributed by atoms with Gasteiger partial charge in [-0.3, -0.25) is 0 Å². The van der Waals surface area contributed by atoms with Gasteiger partial charge in [-0.2, -0.15) is 0 Å². The Kier molecular flexibility index (Phi) is 5.54. The highest BCUT2D eigenvalue weighted by Gasteiger charge is 2.19. The Hall–Kier alpha value is -4.76. The smallest absolute Gasteiger partial charge is 0.151 e. The minimum absolute atomic E-state index is 0.577. The van der Waals surface area contributed by atoms with Gasteiger partial charge in [-0.15, -0.1) is 6.42 Å². The van der Waals surface area contributed by atoms with Gasteiger partial charge in [-0.05, 0) is 48.4 Å². The van der Waals surface area contributed by atoms with Gasteiger partial charge in [-0.25, -0.2) is 9.97 Å². The van der Waals surface area contributed by atoms with Crippen LogP contribution in [-0.4, -0.2) is 19.1 Å². The largest absolute Gasteiger partial charge is 0.380 e. The summed E-state index contributed by atoms with van der Waals surface area (Å²) in [7, 11) is 4.09. The highest BCUT2D eigenvalue weighted by atomic mass is 15.1. The predicted molar refractivity (Wildman–Crippen MR) is 152 cm³/mol. The molecule has 0 amide bonds. The van der Waals surface area contributed by atoms with Gasteiger partial charge in [0.25, 0.3) is 0 Å². The fourth-order valence-corrected chi connectivity index (χ4v) is 5.17. The van der Waals surface area contributed by atoms with Crippen molar-refractivity contribution >= 4 is 33.3 Å². The van der Waals surface area contributed by atoms with Crippen molar-refractivity contribution in [3.05, 3.63) is 95.5 Å². The molecule has 1 aliphatic rings. The van der Waals surface area contributed by atoms with Crippen LogP contribution in [0.3, 0.4) is 0 Å². The van der Waals surface area contributed by atoms with Crippen molar-refractivity contribution in [2.75, 3.05) is 5.32 Å². The quantitative estimate of drug-likeness (QED) is 0.297. The Morgan fingerprint density at radius 3 is 2.11 bits per heavy atom. The lowest BCUT2D eigenvalue weighted by atomic mass is 10.1. The maximum atomic E-state index is 6.11. The van der Waals surface area contributed by atoms with E-state index in [0.717, 1.165) is 67.4 Å². The second-order valence-corrected chi connectivity index (χ2v) is 9.24. The number of nitrogens with zero attached hydrogens (tertiary/aromatic N) is 4. The summed E-state index contributed by atoms with van der Waals surface area (Å²) in [6.07, 6.45) is 10.1. The third-order valence-corrected chi connectivity index (χ3v) is 7.07. The molecule has 6 heteroatoms. The Morgan fingerprint density at radius 2 is 1.43 bits per heavy atom. The predicted octanol–water partition coefficient (Wildman–Crippen LogP) is 5.76. The number of terminal acetylenes is 1. The number of hydrogen-bond donors (Lipinski definition) is 2. The van der Waals surface area contributed by atoms with E-state index >= 15 is 0 Å². The van der Waals surface area contributed by atoms with Crippen LogP contribution in [0.2, 0.25) is 0 Å². The van der Waals surface area contributed by atoms with Crippen LogP contribution in [0.1, 0.15) is 23.9 Å². The third-order valence-electron chi connectivity index (χ3n) is 7.07. The molecule has 0 atom stereocenters. The lowest BCUT2D eigenvalue weighted by Gasteiger charge is -2.12. The zero-order valence-corrected chi connectivity index (χ0v) is 21.2. The minimum Gasteiger partial charge on any atom is -0.380 e. The minimum atomic E-state index is 0.577. The van der Waals surface area contributed by atoms with Crippen molar-refractivity contribution in [1.82, 2.24) is 24.4 Å². The second kappa shape index (κ2) is 9.03. The van der Waals surface area contributed by atoms with E-state index in [1.54, 1.807) is 0 Å². The molecule has 0 aliphatic carbocycles. The van der Waals surface area contributed by atoms with Crippen molar-refractivity contribution in [3.8, 4) is 23.7 Å². The number of aryl methyl sites for hydroxylation is 2. The van der Waals surface area contributed by atoms with Crippen LogP contribution >= 0.6 is 0 Å². The lowest BCUT2D eigenvalue weighted by Crippen LogP contribution is -2.14. The van der Waals surface area contributed by atoms with Crippen molar-refractivity contribution in [2.45, 2.75) is 20.0 Å². The molecule has 3 aromatic carbocycles. The molecule has 0 spiro atoms. The summed E-state index contributed by atoms with van der Waals surface area (Å²) in [6.45, 7) is 3.19. The molecule has 0 radical (unpaired) electrons. The Labute approximate surface area is 216 Å². The Bertz CT molecular complexity index is 1770. The summed E-state index contributed by atoms with van der Waals surface area (Å²) in [5.41, 5.74) is 9.90. The number of anilines is 1. The molecule has 5 aromatic rings. The van der Waals surface area contributed by atoms with Crippen LogP contribution in [0, 0.1) is 12.3 Å². The summed E-state index contributed by atoms with van der Waals surface area (Å²) in [5, 5.41) is 7.25. The highest BCUT2D eigenvalue weighted by Crippen LogP contribution is 2.32. The first-order chi connectivity index (χ1) is 18.1. The third kappa shape index (κ3) is 3.68. The first-order valence-electron chi connectivity index (χ1n) is 12.4. The van der Waals surface area contributed by atoms with Crippen molar-refractivity contribution in [1.29, 1.82) is 0 Å². The van der Waals surface area contributed by atoms with Gasteiger partial charge in [0.15, 0.2) is 5.82 Å². The number of allylic oxidation sites excluding steroid dienone is 3. The van der Waals surface area contributed by atoms with Gasteiger partial charge in [0.05, 0.1) is 33.3 Å². The van der Waals surface area contributed by atoms with E-state index in [1.165, 1.54) is 0 Å². The zero-order chi connectivity index (χ0) is 25.5. The SMILES string of the molecule is C#C/C1=C(\C=C/C)NCc2cccc3c2nc(n3C)-c2ccccc2NCc2cccc3c2nc1n3C. The van der Waals surface area contributed by atoms with Gasteiger partial charge >= 0.3 is 0 Å². The second-order valence-electron chi connectivity index (χ2n) is 9.24. The molecule has 37 heavy (non-hydrogen) atoms. The van der Waals surface area contributed by atoms with Crippen molar-refractivity contribution in [3.63, 3.8) is 0 Å². The number of rotatable bonds is 1. The van der Waals surface area contributed by atoms with E-state index in [1.807, 2.05) is 32.2 Å². The van der Waals surface area contributed by atoms with Crippen LogP contribution in [0.5, 0.6) is 0 Å². The van der Waals surface area contributed by atoms with Gasteiger partial charge in [0, 0.05) is 38.4 Å². The molecule has 1 aliphatic heterocycles. The fraction of sp³-hybridized carbons (Fsp3) is 0.161. The van der Waals surface area contributed by atoms with Crippen LogP contribution in [0.15, 0.2) is 78.5 Å². The average Bonchev–Trinajstić information content (AvgIpc) is 3.44. The Morgan fingerprint density at radius 1 is 0.811 bits per heavy atom. The Balaban J connectivity index is 1.63. The van der Waals surface area contributed by atoms with Crippen LogP contribution in [0.4, 0.5) is 5.69 Å². The van der Waals surface area contributed by atoms with E-state index in [9.17, 15) is 0 Å².